The molecule has 54 heavy (non-hydrogen) atoms. The molecule has 1 aromatic rings. The van der Waals surface area contributed by atoms with Crippen LogP contribution in [0.5, 0.6) is 0 Å². The molecule has 0 aliphatic rings. The van der Waals surface area contributed by atoms with Gasteiger partial charge in [0.25, 0.3) is 0 Å². The summed E-state index contributed by atoms with van der Waals surface area (Å²) in [5.41, 5.74) is 2.26. The number of hydrogen-bond acceptors (Lipinski definition) is 4. The van der Waals surface area contributed by atoms with Gasteiger partial charge in [-0.15, -0.1) is 0 Å². The molecule has 0 bridgehead atoms. The van der Waals surface area contributed by atoms with Crippen molar-refractivity contribution in [3.05, 3.63) is 23.3 Å². The zero-order valence-electron chi connectivity index (χ0n) is 36.0. The van der Waals surface area contributed by atoms with Crippen molar-refractivity contribution in [3.63, 3.8) is 0 Å². The molecule has 0 fully saturated rings. The van der Waals surface area contributed by atoms with E-state index in [-0.39, 0.29) is 11.8 Å². The summed E-state index contributed by atoms with van der Waals surface area (Å²) in [6.45, 7) is 9.01. The fourth-order valence-electron chi connectivity index (χ4n) is 7.25. The van der Waals surface area contributed by atoms with Gasteiger partial charge in [0, 0.05) is 24.2 Å². The molecule has 0 aromatic heterocycles. The Morgan fingerprint density at radius 1 is 0.426 bits per heavy atom. The van der Waals surface area contributed by atoms with Crippen LogP contribution in [0.1, 0.15) is 255 Å². The molecule has 0 heterocycles. The van der Waals surface area contributed by atoms with E-state index in [1.165, 1.54) is 148 Å². The molecule has 0 saturated heterocycles. The molecule has 2 N–H and O–H groups in total. The summed E-state index contributed by atoms with van der Waals surface area (Å²) >= 11 is 0. The molecule has 0 radical (unpaired) electrons. The predicted octanol–water partition coefficient (Wildman–Crippen LogP) is 15.4. The van der Waals surface area contributed by atoms with Crippen LogP contribution in [0.2, 0.25) is 0 Å². The van der Waals surface area contributed by atoms with Gasteiger partial charge < -0.3 is 15.4 Å². The largest absolute Gasteiger partial charge is 0.462 e. The van der Waals surface area contributed by atoms with Gasteiger partial charge in [0.05, 0.1) is 12.2 Å². The van der Waals surface area contributed by atoms with Crippen LogP contribution in [0, 0.1) is 6.92 Å². The lowest BCUT2D eigenvalue weighted by Crippen LogP contribution is -2.17. The Morgan fingerprint density at radius 3 is 1.02 bits per heavy atom. The second-order valence-corrected chi connectivity index (χ2v) is 16.2. The first kappa shape index (κ1) is 49.6. The molecule has 6 heteroatoms. The van der Waals surface area contributed by atoms with Crippen LogP contribution < -0.4 is 10.6 Å². The number of carbonyl (C=O) groups excluding carboxylic acids is 3. The fourth-order valence-corrected chi connectivity index (χ4v) is 7.25. The smallest absolute Gasteiger partial charge is 0.338 e. The number of ether oxygens (including phenoxy) is 1. The first-order chi connectivity index (χ1) is 26.4. The molecule has 0 spiro atoms. The highest BCUT2D eigenvalue weighted by molar-refractivity contribution is 6.00. The Morgan fingerprint density at radius 2 is 0.704 bits per heavy atom. The van der Waals surface area contributed by atoms with E-state index in [2.05, 4.69) is 31.4 Å². The van der Waals surface area contributed by atoms with Gasteiger partial charge in [0.1, 0.15) is 0 Å². The van der Waals surface area contributed by atoms with E-state index in [4.69, 9.17) is 4.74 Å². The van der Waals surface area contributed by atoms with E-state index < -0.39 is 5.97 Å². The van der Waals surface area contributed by atoms with Gasteiger partial charge in [0.15, 0.2) is 0 Å². The van der Waals surface area contributed by atoms with Crippen molar-refractivity contribution in [2.45, 2.75) is 246 Å². The first-order valence-corrected chi connectivity index (χ1v) is 23.3. The third-order valence-electron chi connectivity index (χ3n) is 10.9. The van der Waals surface area contributed by atoms with Crippen molar-refractivity contribution < 1.29 is 19.1 Å². The van der Waals surface area contributed by atoms with E-state index in [0.717, 1.165) is 63.4 Å². The molecule has 1 rings (SSSR count). The van der Waals surface area contributed by atoms with E-state index >= 15 is 0 Å². The summed E-state index contributed by atoms with van der Waals surface area (Å²) in [6, 6.07) is 3.42. The average molecular weight is 755 g/mol. The molecule has 1 aromatic carbocycles. The quantitative estimate of drug-likeness (QED) is 0.0520. The van der Waals surface area contributed by atoms with Crippen LogP contribution in [-0.4, -0.2) is 24.4 Å². The topological polar surface area (TPSA) is 84.5 Å². The van der Waals surface area contributed by atoms with Gasteiger partial charge in [-0.05, 0) is 43.9 Å². The Balaban J connectivity index is 2.55. The minimum absolute atomic E-state index is 0.0528. The van der Waals surface area contributed by atoms with Crippen LogP contribution in [0.15, 0.2) is 12.1 Å². The standard InChI is InChI=1S/C48H86N2O4/c1-5-8-11-14-17-19-21-23-25-27-29-31-34-37-46(51)49-44-40-43(48(53)54-39-36-33-16-13-10-7-3)41-45(42(44)4)50-47(52)38-35-32-30-28-26-24-22-20-18-15-12-9-6-2/h40-41H,5-39H2,1-4H3,(H,49,51)(H,50,52). The number of esters is 1. The molecular formula is C48H86N2O4. The van der Waals surface area contributed by atoms with Crippen molar-refractivity contribution in [3.8, 4) is 0 Å². The molecule has 0 unspecified atom stereocenters. The first-order valence-electron chi connectivity index (χ1n) is 23.3. The summed E-state index contributed by atoms with van der Waals surface area (Å²) in [7, 11) is 0. The Labute approximate surface area is 333 Å². The van der Waals surface area contributed by atoms with Gasteiger partial charge in [0.2, 0.25) is 11.8 Å². The monoisotopic (exact) mass is 755 g/mol. The number of anilines is 2. The normalized spacial score (nSPS) is 11.2. The molecule has 0 saturated carbocycles. The Bertz CT molecular complexity index is 1010. The summed E-state index contributed by atoms with van der Waals surface area (Å²) in [5, 5.41) is 6.11. The Kier molecular flexibility index (Phi) is 33.4. The highest BCUT2D eigenvalue weighted by atomic mass is 16.5. The second-order valence-electron chi connectivity index (χ2n) is 16.2. The Hall–Kier alpha value is -2.37. The van der Waals surface area contributed by atoms with Gasteiger partial charge in [-0.1, -0.05) is 207 Å². The predicted molar refractivity (Wildman–Crippen MR) is 233 cm³/mol. The summed E-state index contributed by atoms with van der Waals surface area (Å²) in [6.07, 6.45) is 40.5. The lowest BCUT2D eigenvalue weighted by molar-refractivity contribution is -0.117. The molecule has 0 atom stereocenters. The van der Waals surface area contributed by atoms with Crippen molar-refractivity contribution in [2.24, 2.45) is 0 Å². The van der Waals surface area contributed by atoms with Crippen molar-refractivity contribution >= 4 is 29.2 Å². The summed E-state index contributed by atoms with van der Waals surface area (Å²) < 4.78 is 5.64. The second kappa shape index (κ2) is 36.3. The maximum atomic E-state index is 13.1. The maximum absolute atomic E-state index is 13.1. The number of rotatable bonds is 38. The van der Waals surface area contributed by atoms with E-state index in [9.17, 15) is 14.4 Å². The van der Waals surface area contributed by atoms with Gasteiger partial charge in [-0.3, -0.25) is 9.59 Å². The van der Waals surface area contributed by atoms with Crippen LogP contribution in [0.4, 0.5) is 11.4 Å². The molecular weight excluding hydrogens is 669 g/mol. The lowest BCUT2D eigenvalue weighted by Gasteiger charge is -2.16. The number of amides is 2. The van der Waals surface area contributed by atoms with Gasteiger partial charge in [-0.2, -0.15) is 0 Å². The minimum atomic E-state index is -0.414. The minimum Gasteiger partial charge on any atom is -0.462 e. The molecule has 0 aliphatic heterocycles. The third kappa shape index (κ3) is 28.1. The van der Waals surface area contributed by atoms with E-state index in [0.29, 0.717) is 36.4 Å². The number of nitrogens with one attached hydrogen (secondary N) is 2. The zero-order chi connectivity index (χ0) is 39.3. The lowest BCUT2D eigenvalue weighted by atomic mass is 10.0. The number of benzene rings is 1. The van der Waals surface area contributed by atoms with Crippen LogP contribution in [0.25, 0.3) is 0 Å². The van der Waals surface area contributed by atoms with E-state index in [1.807, 2.05) is 6.92 Å². The molecule has 312 valence electrons. The maximum Gasteiger partial charge on any atom is 0.338 e. The number of hydrogen-bond donors (Lipinski definition) is 2. The van der Waals surface area contributed by atoms with Crippen LogP contribution >= 0.6 is 0 Å². The van der Waals surface area contributed by atoms with Crippen molar-refractivity contribution in [2.75, 3.05) is 17.2 Å². The third-order valence-corrected chi connectivity index (χ3v) is 10.9. The highest BCUT2D eigenvalue weighted by Crippen LogP contribution is 2.28. The molecule has 0 aliphatic carbocycles. The number of unbranched alkanes of at least 4 members (excludes halogenated alkanes) is 29. The number of carbonyl (C=O) groups is 3. The SMILES string of the molecule is CCCCCCCCCCCCCCCC(=O)Nc1cc(C(=O)OCCCCCCCC)cc(NC(=O)CCCCCCCCCCCCCCC)c1C. The van der Waals surface area contributed by atoms with Gasteiger partial charge >= 0.3 is 5.97 Å². The summed E-state index contributed by atoms with van der Waals surface area (Å²) in [5.74, 6) is -0.520. The van der Waals surface area contributed by atoms with Crippen LogP contribution in [-0.2, 0) is 14.3 Å². The van der Waals surface area contributed by atoms with Crippen molar-refractivity contribution in [1.82, 2.24) is 0 Å². The van der Waals surface area contributed by atoms with E-state index in [1.54, 1.807) is 12.1 Å². The average Bonchev–Trinajstić information content (AvgIpc) is 3.16. The highest BCUT2D eigenvalue weighted by Gasteiger charge is 2.17. The fraction of sp³-hybridized carbons (Fsp3) is 0.812. The summed E-state index contributed by atoms with van der Waals surface area (Å²) in [4.78, 5) is 39.2. The van der Waals surface area contributed by atoms with Crippen molar-refractivity contribution in [1.29, 1.82) is 0 Å². The zero-order valence-corrected chi connectivity index (χ0v) is 36.0. The molecule has 6 nitrogen and oxygen atoms in total. The molecule has 2 amide bonds. The van der Waals surface area contributed by atoms with Crippen LogP contribution in [0.3, 0.4) is 0 Å². The van der Waals surface area contributed by atoms with Gasteiger partial charge in [-0.25, -0.2) is 4.79 Å².